The zero-order valence-electron chi connectivity index (χ0n) is 25.4. The van der Waals surface area contributed by atoms with E-state index in [0.717, 1.165) is 35.7 Å². The van der Waals surface area contributed by atoms with E-state index in [1.54, 1.807) is 38.1 Å². The number of carbonyl (C=O) groups excluding carboxylic acids is 2. The van der Waals surface area contributed by atoms with E-state index in [-0.39, 0.29) is 5.91 Å². The van der Waals surface area contributed by atoms with E-state index in [9.17, 15) is 9.59 Å². The Bertz CT molecular complexity index is 1230. The molecule has 1 unspecified atom stereocenters. The molecule has 5 rings (SSSR count). The molecular formula is C31H43N7O5. The minimum atomic E-state index is -0.735. The van der Waals surface area contributed by atoms with Crippen LogP contribution in [0.1, 0.15) is 18.4 Å². The first-order valence-corrected chi connectivity index (χ1v) is 15.0. The highest BCUT2D eigenvalue weighted by Gasteiger charge is 2.35. The molecule has 3 aliphatic heterocycles. The van der Waals surface area contributed by atoms with Crippen LogP contribution in [0.25, 0.3) is 0 Å². The Hall–Kier alpha value is -3.87. The van der Waals surface area contributed by atoms with Crippen molar-refractivity contribution in [3.05, 3.63) is 48.0 Å². The van der Waals surface area contributed by atoms with Crippen molar-refractivity contribution in [1.82, 2.24) is 10.3 Å². The molecule has 0 saturated carbocycles. The van der Waals surface area contributed by atoms with Gasteiger partial charge < -0.3 is 39.1 Å². The van der Waals surface area contributed by atoms with E-state index in [1.165, 1.54) is 0 Å². The molecule has 2 N–H and O–H groups in total. The highest BCUT2D eigenvalue weighted by molar-refractivity contribution is 6.11. The van der Waals surface area contributed by atoms with Gasteiger partial charge in [0.15, 0.2) is 0 Å². The van der Waals surface area contributed by atoms with Gasteiger partial charge in [-0.1, -0.05) is 18.2 Å². The standard InChI is InChI=1S/C31H43N7O5/c1-23(33-34-31(40)32-24-7-5-4-6-8-24)28(30(39)35(2)3)29-26(37-11-17-42-18-12-37)21-25(36-9-15-41-16-10-36)22-27(29)38-13-19-43-20-14-38/h4-8,21-22,28H,9-20H2,1-3H3,(H2,32,34,40)/b33-23+. The average molecular weight is 594 g/mol. The van der Waals surface area contributed by atoms with Crippen molar-refractivity contribution in [2.75, 3.05) is 113 Å². The Morgan fingerprint density at radius 1 is 0.791 bits per heavy atom. The third-order valence-corrected chi connectivity index (χ3v) is 7.96. The van der Waals surface area contributed by atoms with Gasteiger partial charge >= 0.3 is 6.03 Å². The van der Waals surface area contributed by atoms with Crippen molar-refractivity contribution in [3.63, 3.8) is 0 Å². The van der Waals surface area contributed by atoms with E-state index in [4.69, 9.17) is 14.2 Å². The van der Waals surface area contributed by atoms with Crippen molar-refractivity contribution in [1.29, 1.82) is 0 Å². The molecule has 3 heterocycles. The Morgan fingerprint density at radius 2 is 1.28 bits per heavy atom. The number of ether oxygens (including phenoxy) is 3. The number of hydrogen-bond donors (Lipinski definition) is 2. The number of hydrazone groups is 1. The summed E-state index contributed by atoms with van der Waals surface area (Å²) in [6.45, 7) is 9.99. The fourth-order valence-corrected chi connectivity index (χ4v) is 5.69. The molecule has 0 aliphatic carbocycles. The fraction of sp³-hybridized carbons (Fsp3) is 0.516. The minimum Gasteiger partial charge on any atom is -0.378 e. The second-order valence-corrected chi connectivity index (χ2v) is 11.0. The number of anilines is 4. The fourth-order valence-electron chi connectivity index (χ4n) is 5.69. The highest BCUT2D eigenvalue weighted by Crippen LogP contribution is 2.42. The summed E-state index contributed by atoms with van der Waals surface area (Å²) in [4.78, 5) is 35.4. The molecule has 12 heteroatoms. The highest BCUT2D eigenvalue weighted by atomic mass is 16.5. The SMILES string of the molecule is C/C(=N\NC(=O)Nc1ccccc1)C(C(=O)N(C)C)c1c(N2CCOCC2)cc(N2CCOCC2)cc1N1CCOCC1. The van der Waals surface area contributed by atoms with Crippen LogP contribution in [-0.2, 0) is 19.0 Å². The predicted molar refractivity (Wildman–Crippen MR) is 169 cm³/mol. The monoisotopic (exact) mass is 593 g/mol. The van der Waals surface area contributed by atoms with Gasteiger partial charge in [0.2, 0.25) is 5.91 Å². The molecule has 0 aromatic heterocycles. The van der Waals surface area contributed by atoms with Gasteiger partial charge in [0, 0.05) is 81.7 Å². The summed E-state index contributed by atoms with van der Waals surface area (Å²) in [6, 6.07) is 13.1. The molecule has 232 valence electrons. The van der Waals surface area contributed by atoms with E-state index >= 15 is 0 Å². The molecule has 3 aliphatic rings. The molecule has 2 aromatic rings. The Balaban J connectivity index is 1.60. The molecule has 3 amide bonds. The van der Waals surface area contributed by atoms with Crippen LogP contribution in [0.4, 0.5) is 27.5 Å². The van der Waals surface area contributed by atoms with Gasteiger partial charge in [-0.3, -0.25) is 4.79 Å². The third-order valence-electron chi connectivity index (χ3n) is 7.96. The zero-order chi connectivity index (χ0) is 30.2. The second kappa shape index (κ2) is 14.5. The Morgan fingerprint density at radius 3 is 1.77 bits per heavy atom. The molecule has 2 aromatic carbocycles. The van der Waals surface area contributed by atoms with Gasteiger partial charge in [0.25, 0.3) is 0 Å². The van der Waals surface area contributed by atoms with Crippen molar-refractivity contribution in [2.45, 2.75) is 12.8 Å². The summed E-state index contributed by atoms with van der Waals surface area (Å²) in [5.74, 6) is -0.851. The van der Waals surface area contributed by atoms with Gasteiger partial charge in [-0.15, -0.1) is 0 Å². The molecule has 43 heavy (non-hydrogen) atoms. The lowest BCUT2D eigenvalue weighted by Gasteiger charge is -2.39. The number of carbonyl (C=O) groups is 2. The number of nitrogens with one attached hydrogen (secondary N) is 2. The van der Waals surface area contributed by atoms with Crippen molar-refractivity contribution < 1.29 is 23.8 Å². The van der Waals surface area contributed by atoms with Crippen LogP contribution in [0.5, 0.6) is 0 Å². The maximum Gasteiger partial charge on any atom is 0.339 e. The molecule has 0 spiro atoms. The van der Waals surface area contributed by atoms with Crippen LogP contribution in [0.3, 0.4) is 0 Å². The van der Waals surface area contributed by atoms with Crippen LogP contribution in [0.15, 0.2) is 47.6 Å². The van der Waals surface area contributed by atoms with Gasteiger partial charge in [0.1, 0.15) is 5.92 Å². The van der Waals surface area contributed by atoms with Crippen molar-refractivity contribution in [3.8, 4) is 0 Å². The molecule has 3 saturated heterocycles. The molecule has 0 radical (unpaired) electrons. The largest absolute Gasteiger partial charge is 0.378 e. The third kappa shape index (κ3) is 7.56. The second-order valence-electron chi connectivity index (χ2n) is 11.0. The van der Waals surface area contributed by atoms with E-state index in [1.807, 2.05) is 18.2 Å². The zero-order valence-corrected chi connectivity index (χ0v) is 25.4. The lowest BCUT2D eigenvalue weighted by molar-refractivity contribution is -0.128. The number of nitrogens with zero attached hydrogens (tertiary/aromatic N) is 5. The lowest BCUT2D eigenvalue weighted by atomic mass is 9.88. The normalized spacial score (nSPS) is 18.7. The van der Waals surface area contributed by atoms with Crippen LogP contribution in [0.2, 0.25) is 0 Å². The molecular weight excluding hydrogens is 550 g/mol. The minimum absolute atomic E-state index is 0.116. The van der Waals surface area contributed by atoms with Crippen LogP contribution < -0.4 is 25.4 Å². The van der Waals surface area contributed by atoms with Crippen LogP contribution in [-0.4, -0.2) is 116 Å². The number of para-hydroxylation sites is 1. The smallest absolute Gasteiger partial charge is 0.339 e. The summed E-state index contributed by atoms with van der Waals surface area (Å²) in [7, 11) is 3.51. The van der Waals surface area contributed by atoms with Gasteiger partial charge in [0.05, 0.1) is 45.4 Å². The van der Waals surface area contributed by atoms with Crippen LogP contribution >= 0.6 is 0 Å². The summed E-state index contributed by atoms with van der Waals surface area (Å²) < 4.78 is 17.1. The lowest BCUT2D eigenvalue weighted by Crippen LogP contribution is -2.42. The number of rotatable bonds is 8. The van der Waals surface area contributed by atoms with Gasteiger partial charge in [-0.2, -0.15) is 5.10 Å². The number of hydrogen-bond acceptors (Lipinski definition) is 9. The summed E-state index contributed by atoms with van der Waals surface area (Å²) >= 11 is 0. The molecule has 3 fully saturated rings. The summed E-state index contributed by atoms with van der Waals surface area (Å²) in [6.07, 6.45) is 0. The Labute approximate surface area is 253 Å². The number of amides is 3. The topological polar surface area (TPSA) is 111 Å². The van der Waals surface area contributed by atoms with E-state index in [0.29, 0.717) is 77.2 Å². The number of morpholine rings is 3. The average Bonchev–Trinajstić information content (AvgIpc) is 3.05. The first-order valence-electron chi connectivity index (χ1n) is 15.0. The first kappa shape index (κ1) is 30.6. The summed E-state index contributed by atoms with van der Waals surface area (Å²) in [5.41, 5.74) is 7.70. The summed E-state index contributed by atoms with van der Waals surface area (Å²) in [5, 5.41) is 7.26. The van der Waals surface area contributed by atoms with E-state index < -0.39 is 11.9 Å². The quantitative estimate of drug-likeness (QED) is 0.355. The maximum atomic E-state index is 14.1. The number of likely N-dealkylation sites (N-methyl/N-ethyl adjacent to an activating group) is 1. The molecule has 0 bridgehead atoms. The first-order chi connectivity index (χ1) is 20.9. The number of benzene rings is 2. The molecule has 12 nitrogen and oxygen atoms in total. The van der Waals surface area contributed by atoms with Crippen LogP contribution in [0, 0.1) is 0 Å². The van der Waals surface area contributed by atoms with Crippen molar-refractivity contribution >= 4 is 40.4 Å². The van der Waals surface area contributed by atoms with E-state index in [2.05, 4.69) is 42.7 Å². The predicted octanol–water partition coefficient (Wildman–Crippen LogP) is 2.57. The maximum absolute atomic E-state index is 14.1. The van der Waals surface area contributed by atoms with Gasteiger partial charge in [-0.05, 0) is 31.2 Å². The van der Waals surface area contributed by atoms with Gasteiger partial charge in [-0.25, -0.2) is 10.2 Å². The number of urea groups is 1. The Kier molecular flexibility index (Phi) is 10.3. The van der Waals surface area contributed by atoms with Crippen molar-refractivity contribution in [2.24, 2.45) is 5.10 Å². The molecule has 1 atom stereocenters.